The third kappa shape index (κ3) is 5.75. The summed E-state index contributed by atoms with van der Waals surface area (Å²) in [7, 11) is -3.76. The van der Waals surface area contributed by atoms with Gasteiger partial charge in [-0.05, 0) is 61.2 Å². The van der Waals surface area contributed by atoms with Gasteiger partial charge in [0.2, 0.25) is 10.0 Å². The molecule has 2 amide bonds. The zero-order valence-electron chi connectivity index (χ0n) is 19.2. The van der Waals surface area contributed by atoms with Gasteiger partial charge in [0, 0.05) is 13.1 Å². The molecule has 2 heterocycles. The van der Waals surface area contributed by atoms with Crippen LogP contribution in [-0.2, 0) is 16.6 Å². The van der Waals surface area contributed by atoms with Gasteiger partial charge < -0.3 is 15.1 Å². The lowest BCUT2D eigenvalue weighted by molar-refractivity contribution is 0.0949. The van der Waals surface area contributed by atoms with Crippen molar-refractivity contribution in [2.24, 2.45) is 5.92 Å². The van der Waals surface area contributed by atoms with Gasteiger partial charge in [0.15, 0.2) is 0 Å². The average molecular weight is 516 g/mol. The Labute approximate surface area is 209 Å². The molecule has 2 aromatic carbocycles. The van der Waals surface area contributed by atoms with E-state index in [2.05, 4.69) is 17.6 Å². The van der Waals surface area contributed by atoms with Gasteiger partial charge in [-0.1, -0.05) is 30.7 Å². The second kappa shape index (κ2) is 10.6. The first kappa shape index (κ1) is 25.0. The fraction of sp³-hybridized carbons (Fsp3) is 0.280. The molecule has 184 valence electrons. The number of hydrogen-bond acceptors (Lipinski definition) is 5. The molecule has 0 radical (unpaired) electrons. The number of amides is 2. The summed E-state index contributed by atoms with van der Waals surface area (Å²) in [5, 5.41) is 5.53. The number of carbonyl (C=O) groups is 2. The van der Waals surface area contributed by atoms with Crippen LogP contribution in [0, 0.1) is 5.92 Å². The van der Waals surface area contributed by atoms with Gasteiger partial charge in [0.1, 0.15) is 5.76 Å². The lowest BCUT2D eigenvalue weighted by Gasteiger charge is -2.29. The number of furan rings is 1. The molecule has 3 aromatic rings. The van der Waals surface area contributed by atoms with Crippen LogP contribution in [0.5, 0.6) is 0 Å². The number of sulfonamides is 1. The first-order valence-electron chi connectivity index (χ1n) is 11.3. The fourth-order valence-electron chi connectivity index (χ4n) is 3.87. The molecule has 0 bridgehead atoms. The molecule has 1 saturated heterocycles. The molecular formula is C25H26ClN3O5S. The van der Waals surface area contributed by atoms with Gasteiger partial charge in [0.25, 0.3) is 11.8 Å². The van der Waals surface area contributed by atoms with Crippen LogP contribution in [0.25, 0.3) is 0 Å². The Morgan fingerprint density at radius 2 is 1.77 bits per heavy atom. The maximum absolute atomic E-state index is 13.1. The normalized spacial score (nSPS) is 15.0. The lowest BCUT2D eigenvalue weighted by Crippen LogP contribution is -2.37. The summed E-state index contributed by atoms with van der Waals surface area (Å²) >= 11 is 6.26. The number of benzene rings is 2. The molecule has 1 fully saturated rings. The Morgan fingerprint density at radius 3 is 2.49 bits per heavy atom. The van der Waals surface area contributed by atoms with E-state index in [0.29, 0.717) is 24.8 Å². The molecule has 0 spiro atoms. The number of piperidine rings is 1. The minimum absolute atomic E-state index is 0.00363. The third-order valence-electron chi connectivity index (χ3n) is 5.99. The summed E-state index contributed by atoms with van der Waals surface area (Å²) in [6, 6.07) is 14.1. The Hall–Kier alpha value is -3.14. The number of hydrogen-bond donors (Lipinski definition) is 2. The minimum atomic E-state index is -3.76. The zero-order valence-corrected chi connectivity index (χ0v) is 20.7. The van der Waals surface area contributed by atoms with Gasteiger partial charge in [-0.3, -0.25) is 9.59 Å². The van der Waals surface area contributed by atoms with Crippen molar-refractivity contribution in [3.05, 3.63) is 82.8 Å². The highest BCUT2D eigenvalue weighted by atomic mass is 35.5. The van der Waals surface area contributed by atoms with Crippen LogP contribution in [0.15, 0.2) is 70.2 Å². The van der Waals surface area contributed by atoms with E-state index in [1.54, 1.807) is 36.4 Å². The maximum atomic E-state index is 13.1. The van der Waals surface area contributed by atoms with Gasteiger partial charge in [-0.15, -0.1) is 0 Å². The second-order valence-corrected chi connectivity index (χ2v) is 10.8. The number of para-hydroxylation sites is 1. The molecule has 0 saturated carbocycles. The van der Waals surface area contributed by atoms with Gasteiger partial charge >= 0.3 is 0 Å². The Bertz CT molecular complexity index is 1320. The van der Waals surface area contributed by atoms with Crippen LogP contribution in [-0.4, -0.2) is 37.6 Å². The van der Waals surface area contributed by atoms with E-state index in [-0.39, 0.29) is 33.3 Å². The van der Waals surface area contributed by atoms with Crippen molar-refractivity contribution in [2.75, 3.05) is 18.4 Å². The maximum Gasteiger partial charge on any atom is 0.257 e. The summed E-state index contributed by atoms with van der Waals surface area (Å²) in [4.78, 5) is 25.8. The zero-order chi connectivity index (χ0) is 25.0. The summed E-state index contributed by atoms with van der Waals surface area (Å²) in [5.41, 5.74) is 0.516. The molecule has 0 aliphatic carbocycles. The number of halogens is 1. The van der Waals surface area contributed by atoms with Crippen LogP contribution in [0.1, 0.15) is 46.2 Å². The topological polar surface area (TPSA) is 109 Å². The summed E-state index contributed by atoms with van der Waals surface area (Å²) in [6.07, 6.45) is 3.09. The predicted molar refractivity (Wildman–Crippen MR) is 133 cm³/mol. The number of carbonyl (C=O) groups excluding carboxylic acids is 2. The van der Waals surface area contributed by atoms with Gasteiger partial charge in [0.05, 0.1) is 39.5 Å². The van der Waals surface area contributed by atoms with Gasteiger partial charge in [-0.25, -0.2) is 8.42 Å². The summed E-state index contributed by atoms with van der Waals surface area (Å²) in [6.45, 7) is 3.17. The molecule has 4 rings (SSSR count). The SMILES string of the molecule is CC1CCN(S(=O)(=O)c2ccc(Cl)c(C(=O)Nc3ccccc3C(=O)NCc3ccco3)c2)CC1. The molecule has 35 heavy (non-hydrogen) atoms. The van der Waals surface area contributed by atoms with Gasteiger partial charge in [-0.2, -0.15) is 4.31 Å². The lowest BCUT2D eigenvalue weighted by atomic mass is 10.0. The molecule has 2 N–H and O–H groups in total. The molecule has 8 nitrogen and oxygen atoms in total. The molecular weight excluding hydrogens is 490 g/mol. The quantitative estimate of drug-likeness (QED) is 0.480. The first-order chi connectivity index (χ1) is 16.8. The second-order valence-electron chi connectivity index (χ2n) is 8.49. The van der Waals surface area contributed by atoms with E-state index in [1.165, 1.54) is 28.8 Å². The van der Waals surface area contributed by atoms with Crippen LogP contribution in [0.2, 0.25) is 5.02 Å². The molecule has 0 atom stereocenters. The molecule has 1 aliphatic rings. The van der Waals surface area contributed by atoms with Crippen LogP contribution in [0.3, 0.4) is 0 Å². The smallest absolute Gasteiger partial charge is 0.257 e. The molecule has 1 aromatic heterocycles. The molecule has 0 unspecified atom stereocenters. The van der Waals surface area contributed by atoms with Crippen molar-refractivity contribution in [3.63, 3.8) is 0 Å². The molecule has 10 heteroatoms. The standard InChI is InChI=1S/C25H26ClN3O5S/c1-17-10-12-29(13-11-17)35(32,33)19-8-9-22(26)21(15-19)25(31)28-23-7-3-2-6-20(23)24(30)27-16-18-5-4-14-34-18/h2-9,14-15,17H,10-13,16H2,1H3,(H,27,30)(H,28,31). The highest BCUT2D eigenvalue weighted by molar-refractivity contribution is 7.89. The van der Waals surface area contributed by atoms with Crippen molar-refractivity contribution < 1.29 is 22.4 Å². The Kier molecular flexibility index (Phi) is 7.59. The highest BCUT2D eigenvalue weighted by Crippen LogP contribution is 2.27. The fourth-order valence-corrected chi connectivity index (χ4v) is 5.57. The van der Waals surface area contributed by atoms with Crippen LogP contribution < -0.4 is 10.6 Å². The van der Waals surface area contributed by atoms with Crippen molar-refractivity contribution in [3.8, 4) is 0 Å². The van der Waals surface area contributed by atoms with E-state index in [0.717, 1.165) is 12.8 Å². The Balaban J connectivity index is 1.53. The van der Waals surface area contributed by atoms with Crippen molar-refractivity contribution in [2.45, 2.75) is 31.2 Å². The first-order valence-corrected chi connectivity index (χ1v) is 13.1. The van der Waals surface area contributed by atoms with E-state index in [4.69, 9.17) is 16.0 Å². The number of nitrogens with one attached hydrogen (secondary N) is 2. The minimum Gasteiger partial charge on any atom is -0.467 e. The predicted octanol–water partition coefficient (Wildman–Crippen LogP) is 4.54. The average Bonchev–Trinajstić information content (AvgIpc) is 3.37. The van der Waals surface area contributed by atoms with E-state index >= 15 is 0 Å². The number of nitrogens with zero attached hydrogens (tertiary/aromatic N) is 1. The largest absolute Gasteiger partial charge is 0.467 e. The molecule has 1 aliphatic heterocycles. The third-order valence-corrected chi connectivity index (χ3v) is 8.21. The Morgan fingerprint density at radius 1 is 1.03 bits per heavy atom. The highest BCUT2D eigenvalue weighted by Gasteiger charge is 2.29. The van der Waals surface area contributed by atoms with Crippen molar-refractivity contribution in [1.82, 2.24) is 9.62 Å². The number of anilines is 1. The summed E-state index contributed by atoms with van der Waals surface area (Å²) in [5.74, 6) is 0.0434. The number of rotatable bonds is 7. The summed E-state index contributed by atoms with van der Waals surface area (Å²) < 4.78 is 32.9. The van der Waals surface area contributed by atoms with Crippen molar-refractivity contribution in [1.29, 1.82) is 0 Å². The van der Waals surface area contributed by atoms with Crippen LogP contribution >= 0.6 is 11.6 Å². The van der Waals surface area contributed by atoms with E-state index < -0.39 is 21.8 Å². The van der Waals surface area contributed by atoms with Crippen LogP contribution in [0.4, 0.5) is 5.69 Å². The monoisotopic (exact) mass is 515 g/mol. The van der Waals surface area contributed by atoms with Crippen molar-refractivity contribution >= 4 is 39.1 Å². The van der Waals surface area contributed by atoms with E-state index in [9.17, 15) is 18.0 Å². The van der Waals surface area contributed by atoms with E-state index in [1.807, 2.05) is 0 Å².